The number of nitrogens with zero attached hydrogens (tertiary/aromatic N) is 5. The Hall–Kier alpha value is -3.80. The molecule has 1 fully saturated rings. The third-order valence-electron chi connectivity index (χ3n) is 7.08. The number of nitriles is 1. The quantitative estimate of drug-likeness (QED) is 0.419. The van der Waals surface area contributed by atoms with E-state index in [1.54, 1.807) is 36.7 Å². The van der Waals surface area contributed by atoms with Crippen molar-refractivity contribution in [3.05, 3.63) is 71.3 Å². The highest BCUT2D eigenvalue weighted by Crippen LogP contribution is 2.40. The van der Waals surface area contributed by atoms with Gasteiger partial charge in [-0.05, 0) is 75.6 Å². The fourth-order valence-electron chi connectivity index (χ4n) is 5.16. The Bertz CT molecular complexity index is 1450. The first-order valence-electron chi connectivity index (χ1n) is 12.6. The van der Waals surface area contributed by atoms with Crippen molar-refractivity contribution >= 4 is 5.65 Å². The molecule has 1 saturated heterocycles. The summed E-state index contributed by atoms with van der Waals surface area (Å²) in [6.07, 6.45) is 8.05. The van der Waals surface area contributed by atoms with E-state index in [-0.39, 0.29) is 0 Å². The molecule has 1 aliphatic carbocycles. The van der Waals surface area contributed by atoms with Gasteiger partial charge < -0.3 is 14.7 Å². The molecular weight excluding hydrogens is 469 g/mol. The van der Waals surface area contributed by atoms with Crippen molar-refractivity contribution in [3.8, 4) is 34.5 Å². The number of imidazole rings is 1. The van der Waals surface area contributed by atoms with Crippen LogP contribution >= 0.6 is 0 Å². The Kier molecular flexibility index (Phi) is 7.17. The first-order valence-corrected chi connectivity index (χ1v) is 12.6. The summed E-state index contributed by atoms with van der Waals surface area (Å²) in [7, 11) is 3.72. The van der Waals surface area contributed by atoms with Crippen LogP contribution in [0.3, 0.4) is 0 Å². The van der Waals surface area contributed by atoms with E-state index < -0.39 is 11.9 Å². The molecular formula is C29H30FN5O2. The van der Waals surface area contributed by atoms with Crippen LogP contribution in [0.2, 0.25) is 0 Å². The van der Waals surface area contributed by atoms with Crippen LogP contribution in [-0.2, 0) is 6.42 Å². The smallest absolute Gasteiger partial charge is 0.258 e. The summed E-state index contributed by atoms with van der Waals surface area (Å²) in [5, 5.41) is 19.2. The molecule has 0 bridgehead atoms. The van der Waals surface area contributed by atoms with Gasteiger partial charge in [-0.1, -0.05) is 18.6 Å². The van der Waals surface area contributed by atoms with Crippen LogP contribution in [0.15, 0.2) is 48.8 Å². The van der Waals surface area contributed by atoms with E-state index in [4.69, 9.17) is 10.00 Å². The van der Waals surface area contributed by atoms with E-state index in [9.17, 15) is 9.50 Å². The normalized spacial score (nSPS) is 17.1. The molecule has 1 aliphatic heterocycles. The summed E-state index contributed by atoms with van der Waals surface area (Å²) in [6, 6.07) is 12.5. The maximum atomic E-state index is 14.9. The molecule has 2 aromatic heterocycles. The highest BCUT2D eigenvalue weighted by Gasteiger charge is 2.27. The average molecular weight is 500 g/mol. The molecule has 2 aliphatic rings. The van der Waals surface area contributed by atoms with Crippen molar-refractivity contribution in [2.24, 2.45) is 0 Å². The fraction of sp³-hybridized carbons (Fsp3) is 0.345. The number of aliphatic hydroxyl groups is 1. The number of aliphatic hydroxyl groups excluding tert-OH is 1. The van der Waals surface area contributed by atoms with Gasteiger partial charge >= 0.3 is 0 Å². The number of halogens is 1. The lowest BCUT2D eigenvalue weighted by atomic mass is 9.98. The molecule has 0 saturated carbocycles. The van der Waals surface area contributed by atoms with Gasteiger partial charge in [0, 0.05) is 29.1 Å². The molecule has 37 heavy (non-hydrogen) atoms. The Morgan fingerprint density at radius 3 is 2.51 bits per heavy atom. The largest absolute Gasteiger partial charge is 0.478 e. The lowest BCUT2D eigenvalue weighted by Crippen LogP contribution is -2.24. The Labute approximate surface area is 215 Å². The fourth-order valence-corrected chi connectivity index (χ4v) is 5.16. The van der Waals surface area contributed by atoms with Crippen LogP contribution in [0, 0.1) is 17.1 Å². The molecule has 3 heterocycles. The molecule has 8 heteroatoms. The number of aromatic nitrogens is 3. The number of piperidine rings is 1. The monoisotopic (exact) mass is 499 g/mol. The minimum absolute atomic E-state index is 0.347. The summed E-state index contributed by atoms with van der Waals surface area (Å²) < 4.78 is 22.2. The predicted octanol–water partition coefficient (Wildman–Crippen LogP) is 5.16. The SMILES string of the molecule is CN1CCCCC1.COc1nc(-c2ccc(C#N)cc2)c(-c2cc(F)c3c(c2)CCC3O)n2ccnc12. The molecule has 6 rings (SSSR count). The number of fused-ring (bicyclic) bond motifs is 2. The average Bonchev–Trinajstić information content (AvgIpc) is 3.56. The summed E-state index contributed by atoms with van der Waals surface area (Å²) >= 11 is 0. The minimum Gasteiger partial charge on any atom is -0.478 e. The van der Waals surface area contributed by atoms with Gasteiger partial charge in [0.1, 0.15) is 5.82 Å². The zero-order chi connectivity index (χ0) is 25.9. The number of aryl methyl sites for hydroxylation is 1. The van der Waals surface area contributed by atoms with Gasteiger partial charge in [0.05, 0.1) is 36.2 Å². The van der Waals surface area contributed by atoms with E-state index in [0.29, 0.717) is 52.4 Å². The molecule has 7 nitrogen and oxygen atoms in total. The van der Waals surface area contributed by atoms with Gasteiger partial charge in [0.2, 0.25) is 5.65 Å². The topological polar surface area (TPSA) is 86.7 Å². The third-order valence-corrected chi connectivity index (χ3v) is 7.08. The number of ether oxygens (including phenoxy) is 1. The van der Waals surface area contributed by atoms with E-state index in [1.807, 2.05) is 10.5 Å². The second kappa shape index (κ2) is 10.7. The van der Waals surface area contributed by atoms with Crippen molar-refractivity contribution in [3.63, 3.8) is 0 Å². The van der Waals surface area contributed by atoms with E-state index >= 15 is 0 Å². The lowest BCUT2D eigenvalue weighted by molar-refractivity contribution is 0.176. The number of benzene rings is 2. The molecule has 190 valence electrons. The standard InChI is InChI=1S/C23H17FN4O2.C6H13N/c1-30-23-22-26-8-9-28(22)21(20(27-23)14-4-2-13(12-25)3-5-14)16-10-15-6-7-18(29)19(15)17(24)11-16;1-7-5-3-2-4-6-7/h2-5,8-11,18,29H,6-7H2,1H3;2-6H2,1H3. The highest BCUT2D eigenvalue weighted by atomic mass is 19.1. The van der Waals surface area contributed by atoms with Crippen molar-refractivity contribution in [1.82, 2.24) is 19.3 Å². The molecule has 1 unspecified atom stereocenters. The van der Waals surface area contributed by atoms with Gasteiger partial charge in [-0.3, -0.25) is 4.40 Å². The van der Waals surface area contributed by atoms with Crippen molar-refractivity contribution in [2.75, 3.05) is 27.2 Å². The van der Waals surface area contributed by atoms with Gasteiger partial charge in [0.25, 0.3) is 5.88 Å². The molecule has 2 aromatic carbocycles. The minimum atomic E-state index is -0.769. The number of methoxy groups -OCH3 is 1. The van der Waals surface area contributed by atoms with Crippen LogP contribution < -0.4 is 4.74 Å². The lowest BCUT2D eigenvalue weighted by Gasteiger charge is -2.20. The number of hydrogen-bond donors (Lipinski definition) is 1. The number of rotatable bonds is 3. The van der Waals surface area contributed by atoms with Crippen LogP contribution in [0.1, 0.15) is 48.5 Å². The van der Waals surface area contributed by atoms with Crippen LogP contribution in [0.5, 0.6) is 5.88 Å². The Morgan fingerprint density at radius 1 is 1.11 bits per heavy atom. The maximum absolute atomic E-state index is 14.9. The molecule has 1 N–H and O–H groups in total. The third kappa shape index (κ3) is 4.93. The second-order valence-corrected chi connectivity index (χ2v) is 9.58. The zero-order valence-corrected chi connectivity index (χ0v) is 21.1. The first-order chi connectivity index (χ1) is 18.0. The predicted molar refractivity (Wildman–Crippen MR) is 140 cm³/mol. The molecule has 1 atom stereocenters. The number of hydrogen-bond acceptors (Lipinski definition) is 6. The highest BCUT2D eigenvalue weighted by molar-refractivity contribution is 5.82. The number of likely N-dealkylation sites (tertiary alicyclic amines) is 1. The Balaban J connectivity index is 0.000000348. The van der Waals surface area contributed by atoms with Gasteiger partial charge in [0.15, 0.2) is 0 Å². The maximum Gasteiger partial charge on any atom is 0.258 e. The van der Waals surface area contributed by atoms with E-state index in [2.05, 4.69) is 28.0 Å². The molecule has 0 spiro atoms. The van der Waals surface area contributed by atoms with Crippen molar-refractivity contribution < 1.29 is 14.2 Å². The van der Waals surface area contributed by atoms with Crippen molar-refractivity contribution in [2.45, 2.75) is 38.2 Å². The Morgan fingerprint density at radius 2 is 1.86 bits per heavy atom. The summed E-state index contributed by atoms with van der Waals surface area (Å²) in [5.41, 5.74) is 4.88. The summed E-state index contributed by atoms with van der Waals surface area (Å²) in [6.45, 7) is 2.64. The summed E-state index contributed by atoms with van der Waals surface area (Å²) in [4.78, 5) is 11.4. The van der Waals surface area contributed by atoms with Crippen LogP contribution in [0.25, 0.3) is 28.2 Å². The van der Waals surface area contributed by atoms with Crippen LogP contribution in [-0.4, -0.2) is 51.6 Å². The van der Waals surface area contributed by atoms with Crippen LogP contribution in [0.4, 0.5) is 4.39 Å². The summed E-state index contributed by atoms with van der Waals surface area (Å²) in [5.74, 6) is -0.0810. The molecule has 0 radical (unpaired) electrons. The van der Waals surface area contributed by atoms with Gasteiger partial charge in [-0.15, -0.1) is 0 Å². The van der Waals surface area contributed by atoms with Gasteiger partial charge in [-0.2, -0.15) is 5.26 Å². The molecule has 0 amide bonds. The first kappa shape index (κ1) is 24.9. The zero-order valence-electron chi connectivity index (χ0n) is 21.1. The molecule has 4 aromatic rings. The van der Waals surface area contributed by atoms with Gasteiger partial charge in [-0.25, -0.2) is 14.4 Å². The second-order valence-electron chi connectivity index (χ2n) is 9.58. The van der Waals surface area contributed by atoms with E-state index in [0.717, 1.165) is 11.1 Å². The van der Waals surface area contributed by atoms with Crippen molar-refractivity contribution in [1.29, 1.82) is 5.26 Å². The van der Waals surface area contributed by atoms with E-state index in [1.165, 1.54) is 45.5 Å².